The SMILES string of the molecule is CCC(NC(=O)N1CCCN(Cc2ccc(F)cc2)CC1)c1ccncc1. The van der Waals surface area contributed by atoms with Crippen LogP contribution in [0.5, 0.6) is 0 Å². The average Bonchev–Trinajstić information content (AvgIpc) is 2.94. The Hall–Kier alpha value is -2.47. The van der Waals surface area contributed by atoms with Crippen LogP contribution in [0.1, 0.15) is 36.9 Å². The second-order valence-corrected chi connectivity index (χ2v) is 6.93. The van der Waals surface area contributed by atoms with E-state index >= 15 is 0 Å². The molecule has 1 aliphatic heterocycles. The maximum Gasteiger partial charge on any atom is 0.317 e. The lowest BCUT2D eigenvalue weighted by Gasteiger charge is -2.25. The van der Waals surface area contributed by atoms with Crippen molar-refractivity contribution in [1.82, 2.24) is 20.1 Å². The number of benzene rings is 1. The molecule has 2 heterocycles. The molecule has 0 bridgehead atoms. The van der Waals surface area contributed by atoms with Crippen LogP contribution < -0.4 is 5.32 Å². The van der Waals surface area contributed by atoms with Gasteiger partial charge < -0.3 is 10.2 Å². The van der Waals surface area contributed by atoms with Crippen LogP contribution in [0.25, 0.3) is 0 Å². The van der Waals surface area contributed by atoms with E-state index in [1.807, 2.05) is 29.2 Å². The Bertz CT molecular complexity index is 723. The van der Waals surface area contributed by atoms with Crippen molar-refractivity contribution < 1.29 is 9.18 Å². The molecule has 6 heteroatoms. The fourth-order valence-corrected chi connectivity index (χ4v) is 3.44. The Kier molecular flexibility index (Phi) is 6.76. The van der Waals surface area contributed by atoms with Crippen molar-refractivity contribution in [3.8, 4) is 0 Å². The molecule has 1 unspecified atom stereocenters. The first-order chi connectivity index (χ1) is 13.2. The van der Waals surface area contributed by atoms with Crippen molar-refractivity contribution in [2.75, 3.05) is 26.2 Å². The third-order valence-corrected chi connectivity index (χ3v) is 5.01. The highest BCUT2D eigenvalue weighted by Crippen LogP contribution is 2.16. The molecular formula is C21H27FN4O. The van der Waals surface area contributed by atoms with Crippen LogP contribution in [-0.2, 0) is 6.54 Å². The topological polar surface area (TPSA) is 48.5 Å². The van der Waals surface area contributed by atoms with E-state index in [9.17, 15) is 9.18 Å². The third kappa shape index (κ3) is 5.50. The third-order valence-electron chi connectivity index (χ3n) is 5.01. The first-order valence-electron chi connectivity index (χ1n) is 9.58. The standard InChI is InChI=1S/C21H27FN4O/c1-2-20(18-8-10-23-11-9-18)24-21(27)26-13-3-12-25(14-15-26)16-17-4-6-19(22)7-5-17/h4-11,20H,2-3,12-16H2,1H3,(H,24,27). The molecule has 2 amide bonds. The molecule has 5 nitrogen and oxygen atoms in total. The summed E-state index contributed by atoms with van der Waals surface area (Å²) < 4.78 is 13.1. The molecule has 1 fully saturated rings. The Balaban J connectivity index is 1.53. The van der Waals surface area contributed by atoms with Gasteiger partial charge in [-0.05, 0) is 48.2 Å². The van der Waals surface area contributed by atoms with Gasteiger partial charge in [0.25, 0.3) is 0 Å². The highest BCUT2D eigenvalue weighted by Gasteiger charge is 2.21. The molecule has 144 valence electrons. The molecule has 0 radical (unpaired) electrons. The normalized spacial score (nSPS) is 16.6. The first kappa shape index (κ1) is 19.3. The molecule has 1 N–H and O–H groups in total. The van der Waals surface area contributed by atoms with Crippen LogP contribution in [0.15, 0.2) is 48.8 Å². The Morgan fingerprint density at radius 2 is 1.85 bits per heavy atom. The molecule has 3 rings (SSSR count). The fraction of sp³-hybridized carbons (Fsp3) is 0.429. The maximum absolute atomic E-state index is 13.1. The average molecular weight is 370 g/mol. The van der Waals surface area contributed by atoms with Crippen molar-refractivity contribution >= 4 is 6.03 Å². The zero-order valence-electron chi connectivity index (χ0n) is 15.8. The Labute approximate surface area is 160 Å². The summed E-state index contributed by atoms with van der Waals surface area (Å²) in [5.74, 6) is -0.211. The number of hydrogen-bond acceptors (Lipinski definition) is 3. The van der Waals surface area contributed by atoms with Gasteiger partial charge in [0.2, 0.25) is 0 Å². The van der Waals surface area contributed by atoms with Gasteiger partial charge in [-0.3, -0.25) is 9.88 Å². The van der Waals surface area contributed by atoms with Crippen LogP contribution in [0, 0.1) is 5.82 Å². The second-order valence-electron chi connectivity index (χ2n) is 6.93. The van der Waals surface area contributed by atoms with Gasteiger partial charge in [0.15, 0.2) is 0 Å². The summed E-state index contributed by atoms with van der Waals surface area (Å²) in [6, 6.07) is 10.5. The highest BCUT2D eigenvalue weighted by molar-refractivity contribution is 5.74. The van der Waals surface area contributed by atoms with E-state index in [1.165, 1.54) is 12.1 Å². The predicted molar refractivity (Wildman–Crippen MR) is 104 cm³/mol. The number of aromatic nitrogens is 1. The summed E-state index contributed by atoms with van der Waals surface area (Å²) in [5.41, 5.74) is 2.17. The van der Waals surface area contributed by atoms with Gasteiger partial charge in [-0.1, -0.05) is 19.1 Å². The molecule has 2 aromatic rings. The molecule has 1 aromatic carbocycles. The lowest BCUT2D eigenvalue weighted by Crippen LogP contribution is -2.43. The fourth-order valence-electron chi connectivity index (χ4n) is 3.44. The molecule has 1 aromatic heterocycles. The van der Waals surface area contributed by atoms with Crippen molar-refractivity contribution in [2.45, 2.75) is 32.4 Å². The molecule has 0 aliphatic carbocycles. The molecule has 1 aliphatic rings. The van der Waals surface area contributed by atoms with E-state index in [0.717, 1.165) is 50.1 Å². The van der Waals surface area contributed by atoms with Crippen molar-refractivity contribution in [1.29, 1.82) is 0 Å². The zero-order valence-corrected chi connectivity index (χ0v) is 15.8. The van der Waals surface area contributed by atoms with E-state index in [4.69, 9.17) is 0 Å². The number of urea groups is 1. The smallest absolute Gasteiger partial charge is 0.317 e. The highest BCUT2D eigenvalue weighted by atomic mass is 19.1. The molecule has 0 saturated carbocycles. The lowest BCUT2D eigenvalue weighted by atomic mass is 10.1. The van der Waals surface area contributed by atoms with Crippen LogP contribution >= 0.6 is 0 Å². The summed E-state index contributed by atoms with van der Waals surface area (Å²) in [5, 5.41) is 3.15. The predicted octanol–water partition coefficient (Wildman–Crippen LogP) is 3.59. The first-order valence-corrected chi connectivity index (χ1v) is 9.58. The second kappa shape index (κ2) is 9.46. The van der Waals surface area contributed by atoms with E-state index in [2.05, 4.69) is 22.1 Å². The minimum atomic E-state index is -0.211. The zero-order chi connectivity index (χ0) is 19.1. The number of halogens is 1. The quantitative estimate of drug-likeness (QED) is 0.875. The molecule has 1 saturated heterocycles. The minimum Gasteiger partial charge on any atom is -0.331 e. The van der Waals surface area contributed by atoms with Gasteiger partial charge in [0, 0.05) is 45.1 Å². The van der Waals surface area contributed by atoms with Crippen LogP contribution in [0.3, 0.4) is 0 Å². The number of pyridine rings is 1. The van der Waals surface area contributed by atoms with E-state index in [1.54, 1.807) is 12.4 Å². The summed E-state index contributed by atoms with van der Waals surface area (Å²) >= 11 is 0. The summed E-state index contributed by atoms with van der Waals surface area (Å²) in [7, 11) is 0. The summed E-state index contributed by atoms with van der Waals surface area (Å²) in [6.45, 7) is 6.04. The van der Waals surface area contributed by atoms with Crippen molar-refractivity contribution in [2.24, 2.45) is 0 Å². The van der Waals surface area contributed by atoms with Crippen LogP contribution in [-0.4, -0.2) is 47.0 Å². The number of nitrogens with zero attached hydrogens (tertiary/aromatic N) is 3. The monoisotopic (exact) mass is 370 g/mol. The largest absolute Gasteiger partial charge is 0.331 e. The number of carbonyl (C=O) groups is 1. The number of amides is 2. The number of carbonyl (C=O) groups excluding carboxylic acids is 1. The van der Waals surface area contributed by atoms with Gasteiger partial charge in [0.05, 0.1) is 6.04 Å². The van der Waals surface area contributed by atoms with Gasteiger partial charge in [-0.2, -0.15) is 0 Å². The van der Waals surface area contributed by atoms with E-state index < -0.39 is 0 Å². The minimum absolute atomic E-state index is 0.000860. The van der Waals surface area contributed by atoms with Gasteiger partial charge in [0.1, 0.15) is 5.82 Å². The van der Waals surface area contributed by atoms with E-state index in [0.29, 0.717) is 6.54 Å². The van der Waals surface area contributed by atoms with Crippen LogP contribution in [0.4, 0.5) is 9.18 Å². The van der Waals surface area contributed by atoms with Crippen molar-refractivity contribution in [3.63, 3.8) is 0 Å². The summed E-state index contributed by atoms with van der Waals surface area (Å²) in [6.07, 6.45) is 5.27. The Morgan fingerprint density at radius 3 is 2.56 bits per heavy atom. The maximum atomic E-state index is 13.1. The number of nitrogens with one attached hydrogen (secondary N) is 1. The lowest BCUT2D eigenvalue weighted by molar-refractivity contribution is 0.193. The number of rotatable bonds is 5. The number of hydrogen-bond donors (Lipinski definition) is 1. The molecule has 1 atom stereocenters. The Morgan fingerprint density at radius 1 is 1.11 bits per heavy atom. The van der Waals surface area contributed by atoms with Gasteiger partial charge in [-0.25, -0.2) is 9.18 Å². The van der Waals surface area contributed by atoms with E-state index in [-0.39, 0.29) is 17.9 Å². The molecule has 27 heavy (non-hydrogen) atoms. The molecular weight excluding hydrogens is 343 g/mol. The van der Waals surface area contributed by atoms with Crippen LogP contribution in [0.2, 0.25) is 0 Å². The van der Waals surface area contributed by atoms with Gasteiger partial charge in [-0.15, -0.1) is 0 Å². The molecule has 0 spiro atoms. The summed E-state index contributed by atoms with van der Waals surface area (Å²) in [4.78, 5) is 21.0. The van der Waals surface area contributed by atoms with Crippen molar-refractivity contribution in [3.05, 3.63) is 65.7 Å². The van der Waals surface area contributed by atoms with Gasteiger partial charge >= 0.3 is 6.03 Å².